The molecule has 0 spiro atoms. The van der Waals surface area contributed by atoms with Crippen LogP contribution in [0, 0.1) is 5.82 Å². The smallest absolute Gasteiger partial charge is 0.214 e. The van der Waals surface area contributed by atoms with Crippen molar-refractivity contribution in [1.82, 2.24) is 10.0 Å². The van der Waals surface area contributed by atoms with E-state index in [1.54, 1.807) is 12.1 Å². The second kappa shape index (κ2) is 6.65. The highest BCUT2D eigenvalue weighted by molar-refractivity contribution is 7.90. The number of rotatable bonds is 5. The number of sulfonamides is 1. The van der Waals surface area contributed by atoms with Crippen molar-refractivity contribution < 1.29 is 12.8 Å². The SMILES string of the molecule is CC(Cc1ccc(F)cc1)NS(=O)(=O)C1CCNCC1. The van der Waals surface area contributed by atoms with Gasteiger partial charge in [0.05, 0.1) is 5.25 Å². The third kappa shape index (κ3) is 4.26. The highest BCUT2D eigenvalue weighted by Crippen LogP contribution is 2.13. The Bertz CT molecular complexity index is 525. The fraction of sp³-hybridized carbons (Fsp3) is 0.571. The molecule has 0 aromatic heterocycles. The molecule has 0 aliphatic carbocycles. The van der Waals surface area contributed by atoms with Crippen molar-refractivity contribution in [3.63, 3.8) is 0 Å². The van der Waals surface area contributed by atoms with Gasteiger partial charge in [-0.3, -0.25) is 0 Å². The van der Waals surface area contributed by atoms with E-state index in [4.69, 9.17) is 0 Å². The van der Waals surface area contributed by atoms with Gasteiger partial charge in [-0.15, -0.1) is 0 Å². The summed E-state index contributed by atoms with van der Waals surface area (Å²) < 4.78 is 40.0. The van der Waals surface area contributed by atoms with Crippen LogP contribution in [-0.4, -0.2) is 32.8 Å². The molecule has 2 rings (SSSR count). The summed E-state index contributed by atoms with van der Waals surface area (Å²) in [5, 5.41) is 2.85. The number of piperidine rings is 1. The third-order valence-corrected chi connectivity index (χ3v) is 5.63. The van der Waals surface area contributed by atoms with E-state index >= 15 is 0 Å². The molecule has 1 aliphatic heterocycles. The van der Waals surface area contributed by atoms with Crippen molar-refractivity contribution >= 4 is 10.0 Å². The first-order chi connectivity index (χ1) is 9.47. The Morgan fingerprint density at radius 2 is 1.90 bits per heavy atom. The standard InChI is InChI=1S/C14H21FN2O2S/c1-11(10-12-2-4-13(15)5-3-12)17-20(18,19)14-6-8-16-9-7-14/h2-5,11,14,16-17H,6-10H2,1H3. The van der Waals surface area contributed by atoms with Crippen molar-refractivity contribution in [1.29, 1.82) is 0 Å². The normalized spacial score (nSPS) is 18.9. The molecule has 1 aliphatic rings. The molecule has 1 saturated heterocycles. The molecule has 0 amide bonds. The average molecular weight is 300 g/mol. The van der Waals surface area contributed by atoms with Crippen molar-refractivity contribution in [3.8, 4) is 0 Å². The zero-order chi connectivity index (χ0) is 14.6. The summed E-state index contributed by atoms with van der Waals surface area (Å²) in [6.45, 7) is 3.33. The fourth-order valence-corrected chi connectivity index (χ4v) is 4.19. The Morgan fingerprint density at radius 3 is 2.50 bits per heavy atom. The second-order valence-corrected chi connectivity index (χ2v) is 7.34. The maximum absolute atomic E-state index is 12.8. The lowest BCUT2D eigenvalue weighted by molar-refractivity contribution is 0.482. The molecule has 1 aromatic carbocycles. The first kappa shape index (κ1) is 15.4. The van der Waals surface area contributed by atoms with Crippen molar-refractivity contribution in [3.05, 3.63) is 35.6 Å². The van der Waals surface area contributed by atoms with Crippen molar-refractivity contribution in [2.24, 2.45) is 0 Å². The van der Waals surface area contributed by atoms with Gasteiger partial charge < -0.3 is 5.32 Å². The van der Waals surface area contributed by atoms with Gasteiger partial charge in [0, 0.05) is 6.04 Å². The topological polar surface area (TPSA) is 58.2 Å². The van der Waals surface area contributed by atoms with Gasteiger partial charge in [-0.05, 0) is 57.0 Å². The van der Waals surface area contributed by atoms with E-state index in [-0.39, 0.29) is 17.1 Å². The molecule has 0 radical (unpaired) electrons. The first-order valence-electron chi connectivity index (χ1n) is 6.93. The maximum Gasteiger partial charge on any atom is 0.214 e. The van der Waals surface area contributed by atoms with Crippen LogP contribution in [-0.2, 0) is 16.4 Å². The van der Waals surface area contributed by atoms with E-state index in [2.05, 4.69) is 10.0 Å². The monoisotopic (exact) mass is 300 g/mol. The van der Waals surface area contributed by atoms with Gasteiger partial charge in [0.25, 0.3) is 0 Å². The summed E-state index contributed by atoms with van der Waals surface area (Å²) >= 11 is 0. The summed E-state index contributed by atoms with van der Waals surface area (Å²) in [4.78, 5) is 0. The van der Waals surface area contributed by atoms with Crippen LogP contribution in [0.2, 0.25) is 0 Å². The van der Waals surface area contributed by atoms with Gasteiger partial charge in [-0.25, -0.2) is 17.5 Å². The lowest BCUT2D eigenvalue weighted by atomic mass is 10.1. The van der Waals surface area contributed by atoms with Crippen LogP contribution in [0.15, 0.2) is 24.3 Å². The van der Waals surface area contributed by atoms with E-state index in [9.17, 15) is 12.8 Å². The van der Waals surface area contributed by atoms with Crippen LogP contribution in [0.4, 0.5) is 4.39 Å². The quantitative estimate of drug-likeness (QED) is 0.865. The summed E-state index contributed by atoms with van der Waals surface area (Å²) in [5.41, 5.74) is 0.923. The molecule has 1 aromatic rings. The molecule has 0 bridgehead atoms. The van der Waals surface area contributed by atoms with Crippen LogP contribution >= 0.6 is 0 Å². The third-order valence-electron chi connectivity index (χ3n) is 3.55. The molecule has 0 saturated carbocycles. The minimum atomic E-state index is -3.27. The molecule has 1 fully saturated rings. The van der Waals surface area contributed by atoms with E-state index < -0.39 is 10.0 Å². The summed E-state index contributed by atoms with van der Waals surface area (Å²) in [6, 6.07) is 5.96. The molecular formula is C14H21FN2O2S. The van der Waals surface area contributed by atoms with Crippen LogP contribution in [0.5, 0.6) is 0 Å². The highest BCUT2D eigenvalue weighted by atomic mass is 32.2. The van der Waals surface area contributed by atoms with Gasteiger partial charge in [0.15, 0.2) is 0 Å². The number of nitrogens with one attached hydrogen (secondary N) is 2. The van der Waals surface area contributed by atoms with Gasteiger partial charge in [-0.1, -0.05) is 12.1 Å². The number of benzene rings is 1. The number of halogens is 1. The molecule has 1 atom stereocenters. The lowest BCUT2D eigenvalue weighted by Gasteiger charge is -2.25. The molecule has 1 unspecified atom stereocenters. The van der Waals surface area contributed by atoms with Gasteiger partial charge in [-0.2, -0.15) is 0 Å². The molecule has 20 heavy (non-hydrogen) atoms. The van der Waals surface area contributed by atoms with E-state index in [0.29, 0.717) is 19.3 Å². The van der Waals surface area contributed by atoms with Crippen molar-refractivity contribution in [2.45, 2.75) is 37.5 Å². The Labute approximate surface area is 119 Å². The fourth-order valence-electron chi connectivity index (χ4n) is 2.50. The lowest BCUT2D eigenvalue weighted by Crippen LogP contribution is -2.45. The van der Waals surface area contributed by atoms with Gasteiger partial charge in [0.1, 0.15) is 5.82 Å². The highest BCUT2D eigenvalue weighted by Gasteiger charge is 2.28. The Kier molecular flexibility index (Phi) is 5.12. The second-order valence-electron chi connectivity index (χ2n) is 5.34. The number of hydrogen-bond donors (Lipinski definition) is 2. The van der Waals surface area contributed by atoms with Crippen LogP contribution in [0.1, 0.15) is 25.3 Å². The van der Waals surface area contributed by atoms with E-state index in [1.165, 1.54) is 12.1 Å². The molecule has 112 valence electrons. The van der Waals surface area contributed by atoms with Crippen LogP contribution in [0.25, 0.3) is 0 Å². The summed E-state index contributed by atoms with van der Waals surface area (Å²) in [5.74, 6) is -0.281. The molecule has 1 heterocycles. The minimum absolute atomic E-state index is 0.194. The zero-order valence-electron chi connectivity index (χ0n) is 11.6. The van der Waals surface area contributed by atoms with Crippen molar-refractivity contribution in [2.75, 3.05) is 13.1 Å². The predicted octanol–water partition coefficient (Wildman–Crippen LogP) is 1.43. The van der Waals surface area contributed by atoms with Gasteiger partial charge >= 0.3 is 0 Å². The Morgan fingerprint density at radius 1 is 1.30 bits per heavy atom. The maximum atomic E-state index is 12.8. The molecule has 4 nitrogen and oxygen atoms in total. The molecular weight excluding hydrogens is 279 g/mol. The molecule has 6 heteroatoms. The molecule has 2 N–H and O–H groups in total. The van der Waals surface area contributed by atoms with Crippen LogP contribution < -0.4 is 10.0 Å². The zero-order valence-corrected chi connectivity index (χ0v) is 12.4. The minimum Gasteiger partial charge on any atom is -0.317 e. The first-order valence-corrected chi connectivity index (χ1v) is 8.48. The van der Waals surface area contributed by atoms with Gasteiger partial charge in [0.2, 0.25) is 10.0 Å². The Hall–Kier alpha value is -0.980. The van der Waals surface area contributed by atoms with E-state index in [1.807, 2.05) is 6.92 Å². The van der Waals surface area contributed by atoms with Crippen LogP contribution in [0.3, 0.4) is 0 Å². The summed E-state index contributed by atoms with van der Waals surface area (Å²) in [7, 11) is -3.27. The number of hydrogen-bond acceptors (Lipinski definition) is 3. The van der Waals surface area contributed by atoms with E-state index in [0.717, 1.165) is 18.7 Å². The largest absolute Gasteiger partial charge is 0.317 e. The summed E-state index contributed by atoms with van der Waals surface area (Å²) in [6.07, 6.45) is 1.86. The Balaban J connectivity index is 1.92. The average Bonchev–Trinajstić information content (AvgIpc) is 2.42. The predicted molar refractivity (Wildman–Crippen MR) is 77.5 cm³/mol.